The monoisotopic (exact) mass is 358 g/mol. The van der Waals surface area contributed by atoms with Gasteiger partial charge in [0.25, 0.3) is 11.1 Å². The van der Waals surface area contributed by atoms with Gasteiger partial charge in [0.1, 0.15) is 0 Å². The molecule has 0 amide bonds. The molecule has 0 bridgehead atoms. The van der Waals surface area contributed by atoms with E-state index in [0.29, 0.717) is 33.4 Å². The summed E-state index contributed by atoms with van der Waals surface area (Å²) in [6, 6.07) is 14.5. The van der Waals surface area contributed by atoms with E-state index in [4.69, 9.17) is 0 Å². The van der Waals surface area contributed by atoms with E-state index in [9.17, 15) is 9.59 Å². The molecule has 5 rings (SSSR count). The summed E-state index contributed by atoms with van der Waals surface area (Å²) in [7, 11) is 1.66. The van der Waals surface area contributed by atoms with Crippen molar-refractivity contribution >= 4 is 27.6 Å². The van der Waals surface area contributed by atoms with Crippen molar-refractivity contribution in [3.63, 3.8) is 0 Å². The lowest BCUT2D eigenvalue weighted by Gasteiger charge is -2.09. The third kappa shape index (κ3) is 2.20. The van der Waals surface area contributed by atoms with Crippen LogP contribution in [0.1, 0.15) is 5.82 Å². The number of nitrogens with zero attached hydrogens (tertiary/aromatic N) is 6. The van der Waals surface area contributed by atoms with Gasteiger partial charge in [-0.2, -0.15) is 0 Å². The molecular formula is C19H14N6O2. The van der Waals surface area contributed by atoms with E-state index >= 15 is 0 Å². The SMILES string of the molecule is Cn1c(=O)c2ccccc2n2c(Cn3cnc4ccccc4c3=O)nnc12. The molecule has 0 saturated heterocycles. The number of hydrogen-bond acceptors (Lipinski definition) is 5. The third-order valence-electron chi connectivity index (χ3n) is 4.74. The van der Waals surface area contributed by atoms with E-state index in [-0.39, 0.29) is 17.7 Å². The van der Waals surface area contributed by atoms with Gasteiger partial charge in [0.15, 0.2) is 5.82 Å². The first-order chi connectivity index (χ1) is 13.1. The third-order valence-corrected chi connectivity index (χ3v) is 4.74. The molecule has 0 N–H and O–H groups in total. The van der Waals surface area contributed by atoms with Crippen molar-refractivity contribution in [1.82, 2.24) is 28.7 Å². The average Bonchev–Trinajstić information content (AvgIpc) is 3.12. The first-order valence-corrected chi connectivity index (χ1v) is 8.41. The highest BCUT2D eigenvalue weighted by molar-refractivity contribution is 5.80. The summed E-state index contributed by atoms with van der Waals surface area (Å²) in [6.45, 7) is 0.194. The largest absolute Gasteiger partial charge is 0.291 e. The fourth-order valence-corrected chi connectivity index (χ4v) is 3.37. The van der Waals surface area contributed by atoms with Crippen LogP contribution >= 0.6 is 0 Å². The highest BCUT2D eigenvalue weighted by Gasteiger charge is 2.15. The summed E-state index contributed by atoms with van der Waals surface area (Å²) in [5.74, 6) is 0.978. The van der Waals surface area contributed by atoms with Gasteiger partial charge < -0.3 is 0 Å². The Labute approximate surface area is 152 Å². The summed E-state index contributed by atoms with van der Waals surface area (Å²) >= 11 is 0. The van der Waals surface area contributed by atoms with Gasteiger partial charge in [-0.1, -0.05) is 24.3 Å². The molecule has 2 aromatic carbocycles. The zero-order chi connectivity index (χ0) is 18.5. The molecule has 0 spiro atoms. The second kappa shape index (κ2) is 5.60. The van der Waals surface area contributed by atoms with Gasteiger partial charge in [0.05, 0.1) is 34.7 Å². The van der Waals surface area contributed by atoms with Gasteiger partial charge >= 0.3 is 0 Å². The molecule has 3 aromatic heterocycles. The Morgan fingerprint density at radius 2 is 1.63 bits per heavy atom. The summed E-state index contributed by atoms with van der Waals surface area (Å²) in [5.41, 5.74) is 1.07. The molecular weight excluding hydrogens is 344 g/mol. The molecule has 0 unspecified atom stereocenters. The minimum Gasteiger partial charge on any atom is -0.291 e. The Kier molecular flexibility index (Phi) is 3.20. The van der Waals surface area contributed by atoms with Crippen molar-refractivity contribution in [2.75, 3.05) is 0 Å². The van der Waals surface area contributed by atoms with Crippen LogP contribution in [0.2, 0.25) is 0 Å². The highest BCUT2D eigenvalue weighted by atomic mass is 16.1. The van der Waals surface area contributed by atoms with Gasteiger partial charge in [-0.05, 0) is 24.3 Å². The predicted octanol–water partition coefficient (Wildman–Crippen LogP) is 1.34. The number of para-hydroxylation sites is 2. The van der Waals surface area contributed by atoms with E-state index < -0.39 is 0 Å². The second-order valence-electron chi connectivity index (χ2n) is 6.33. The molecule has 132 valence electrons. The minimum absolute atomic E-state index is 0.137. The quantitative estimate of drug-likeness (QED) is 0.475. The molecule has 8 heteroatoms. The number of fused-ring (bicyclic) bond motifs is 4. The molecule has 0 aliphatic heterocycles. The van der Waals surface area contributed by atoms with Crippen molar-refractivity contribution in [2.45, 2.75) is 6.54 Å². The molecule has 0 aliphatic rings. The standard InChI is InChI=1S/C19H14N6O2/c1-23-17(26)13-7-3-5-9-15(13)25-16(21-22-19(23)25)10-24-11-20-14-8-4-2-6-12(14)18(24)27/h2-9,11H,10H2,1H3. The van der Waals surface area contributed by atoms with E-state index in [0.717, 1.165) is 0 Å². The van der Waals surface area contributed by atoms with Crippen LogP contribution < -0.4 is 11.1 Å². The average molecular weight is 358 g/mol. The zero-order valence-corrected chi connectivity index (χ0v) is 14.4. The molecule has 0 fully saturated rings. The minimum atomic E-state index is -0.147. The fourth-order valence-electron chi connectivity index (χ4n) is 3.37. The summed E-state index contributed by atoms with van der Waals surface area (Å²) in [5, 5.41) is 9.50. The molecule has 27 heavy (non-hydrogen) atoms. The van der Waals surface area contributed by atoms with Gasteiger partial charge in [-0.15, -0.1) is 10.2 Å². The molecule has 3 heterocycles. The molecule has 8 nitrogen and oxygen atoms in total. The second-order valence-corrected chi connectivity index (χ2v) is 6.33. The highest BCUT2D eigenvalue weighted by Crippen LogP contribution is 2.14. The smallest absolute Gasteiger partial charge is 0.262 e. The fraction of sp³-hybridized carbons (Fsp3) is 0.105. The predicted molar refractivity (Wildman–Crippen MR) is 101 cm³/mol. The molecule has 0 aliphatic carbocycles. The van der Waals surface area contributed by atoms with Gasteiger partial charge in [-0.25, -0.2) is 4.98 Å². The van der Waals surface area contributed by atoms with Crippen LogP contribution in [-0.4, -0.2) is 28.7 Å². The van der Waals surface area contributed by atoms with Crippen LogP contribution in [0, 0.1) is 0 Å². The molecule has 0 radical (unpaired) electrons. The van der Waals surface area contributed by atoms with Crippen molar-refractivity contribution in [1.29, 1.82) is 0 Å². The topological polar surface area (TPSA) is 87.1 Å². The van der Waals surface area contributed by atoms with Crippen LogP contribution in [-0.2, 0) is 13.6 Å². The lowest BCUT2D eigenvalue weighted by molar-refractivity contribution is 0.700. The van der Waals surface area contributed by atoms with Crippen LogP contribution in [0.15, 0.2) is 64.4 Å². The Balaban J connectivity index is 1.77. The number of aromatic nitrogens is 6. The Hall–Kier alpha value is -3.81. The van der Waals surface area contributed by atoms with Crippen molar-refractivity contribution in [3.8, 4) is 0 Å². The Morgan fingerprint density at radius 3 is 2.48 bits per heavy atom. The lowest BCUT2D eigenvalue weighted by Crippen LogP contribution is -2.23. The number of benzene rings is 2. The van der Waals surface area contributed by atoms with Gasteiger partial charge in [-0.3, -0.25) is 23.1 Å². The van der Waals surface area contributed by atoms with Crippen molar-refractivity contribution in [2.24, 2.45) is 7.05 Å². The maximum Gasteiger partial charge on any atom is 0.262 e. The maximum absolute atomic E-state index is 12.8. The summed E-state index contributed by atoms with van der Waals surface area (Å²) in [6.07, 6.45) is 1.51. The Morgan fingerprint density at radius 1 is 0.889 bits per heavy atom. The van der Waals surface area contributed by atoms with E-state index in [1.165, 1.54) is 15.5 Å². The van der Waals surface area contributed by atoms with Gasteiger partial charge in [0.2, 0.25) is 5.78 Å². The molecule has 5 aromatic rings. The normalized spacial score (nSPS) is 11.6. The summed E-state index contributed by atoms with van der Waals surface area (Å²) in [4.78, 5) is 29.7. The van der Waals surface area contributed by atoms with Crippen LogP contribution in [0.3, 0.4) is 0 Å². The first-order valence-electron chi connectivity index (χ1n) is 8.41. The van der Waals surface area contributed by atoms with Crippen LogP contribution in [0.4, 0.5) is 0 Å². The van der Waals surface area contributed by atoms with Crippen molar-refractivity contribution in [3.05, 3.63) is 81.4 Å². The Bertz CT molecular complexity index is 1460. The number of rotatable bonds is 2. The van der Waals surface area contributed by atoms with Crippen molar-refractivity contribution < 1.29 is 0 Å². The number of aryl methyl sites for hydroxylation is 1. The van der Waals surface area contributed by atoms with E-state index in [1.807, 2.05) is 30.3 Å². The van der Waals surface area contributed by atoms with Gasteiger partial charge in [0, 0.05) is 7.05 Å². The zero-order valence-electron chi connectivity index (χ0n) is 14.4. The molecule has 0 atom stereocenters. The van der Waals surface area contributed by atoms with Crippen LogP contribution in [0.5, 0.6) is 0 Å². The maximum atomic E-state index is 12.8. The summed E-state index contributed by atoms with van der Waals surface area (Å²) < 4.78 is 4.76. The van der Waals surface area contributed by atoms with E-state index in [1.54, 1.807) is 29.6 Å². The number of hydrogen-bond donors (Lipinski definition) is 0. The lowest BCUT2D eigenvalue weighted by atomic mass is 10.2. The van der Waals surface area contributed by atoms with Crippen LogP contribution in [0.25, 0.3) is 27.6 Å². The van der Waals surface area contributed by atoms with E-state index in [2.05, 4.69) is 15.2 Å². The molecule has 0 saturated carbocycles. The first kappa shape index (κ1) is 15.4.